The Morgan fingerprint density at radius 2 is 1.95 bits per heavy atom. The monoisotopic (exact) mass is 339 g/mol. The third kappa shape index (κ3) is 2.98. The zero-order chi connectivity index (χ0) is 15.6. The average molecular weight is 340 g/mol. The van der Waals surface area contributed by atoms with Gasteiger partial charge in [-0.25, -0.2) is 8.42 Å². The van der Waals surface area contributed by atoms with E-state index in [1.165, 1.54) is 0 Å². The van der Waals surface area contributed by atoms with Crippen LogP contribution in [0.2, 0.25) is 5.02 Å². The molecule has 0 spiro atoms. The maximum absolute atomic E-state index is 12.5. The number of hydrogen-bond acceptors (Lipinski definition) is 4. The normalized spacial score (nSPS) is 12.9. The zero-order valence-corrected chi connectivity index (χ0v) is 14.0. The third-order valence-electron chi connectivity index (χ3n) is 3.39. The van der Waals surface area contributed by atoms with E-state index in [-0.39, 0.29) is 9.77 Å². The summed E-state index contributed by atoms with van der Waals surface area (Å²) >= 11 is 6.96. The van der Waals surface area contributed by atoms with E-state index in [1.54, 1.807) is 36.6 Å². The van der Waals surface area contributed by atoms with Gasteiger partial charge in [0, 0.05) is 16.0 Å². The van der Waals surface area contributed by atoms with Gasteiger partial charge in [-0.15, -0.1) is 11.3 Å². The van der Waals surface area contributed by atoms with Crippen molar-refractivity contribution in [1.29, 1.82) is 5.26 Å². The van der Waals surface area contributed by atoms with E-state index >= 15 is 0 Å². The lowest BCUT2D eigenvalue weighted by Gasteiger charge is -2.09. The van der Waals surface area contributed by atoms with Gasteiger partial charge in [-0.05, 0) is 31.0 Å². The molecule has 0 N–H and O–H groups in total. The minimum absolute atomic E-state index is 0.157. The van der Waals surface area contributed by atoms with Crippen LogP contribution >= 0.6 is 22.9 Å². The first kappa shape index (κ1) is 16.0. The minimum atomic E-state index is -3.46. The van der Waals surface area contributed by atoms with Crippen molar-refractivity contribution >= 4 is 32.8 Å². The second-order valence-corrected chi connectivity index (χ2v) is 8.57. The van der Waals surface area contributed by atoms with Gasteiger partial charge in [0.25, 0.3) is 0 Å². The Labute approximate surface area is 133 Å². The minimum Gasteiger partial charge on any atom is -0.223 e. The molecule has 0 amide bonds. The van der Waals surface area contributed by atoms with E-state index in [0.717, 1.165) is 16.9 Å². The van der Waals surface area contributed by atoms with Crippen molar-refractivity contribution in [2.75, 3.05) is 0 Å². The summed E-state index contributed by atoms with van der Waals surface area (Å²) in [5, 5.41) is 11.2. The van der Waals surface area contributed by atoms with Crippen LogP contribution in [-0.2, 0) is 9.84 Å². The summed E-state index contributed by atoms with van der Waals surface area (Å²) in [4.78, 5) is 0. The van der Waals surface area contributed by atoms with E-state index < -0.39 is 15.1 Å². The molecule has 1 atom stereocenters. The molecule has 110 valence electrons. The number of hydrogen-bond donors (Lipinski definition) is 0. The molecule has 1 aromatic heterocycles. The van der Waals surface area contributed by atoms with Gasteiger partial charge in [-0.2, -0.15) is 5.26 Å². The molecule has 2 rings (SSSR count). The van der Waals surface area contributed by atoms with Crippen LogP contribution in [0.1, 0.15) is 25.8 Å². The zero-order valence-electron chi connectivity index (χ0n) is 11.6. The van der Waals surface area contributed by atoms with Crippen LogP contribution in [0, 0.1) is 11.3 Å². The van der Waals surface area contributed by atoms with Crippen molar-refractivity contribution < 1.29 is 8.42 Å². The van der Waals surface area contributed by atoms with Gasteiger partial charge >= 0.3 is 0 Å². The Kier molecular flexibility index (Phi) is 4.72. The van der Waals surface area contributed by atoms with Crippen LogP contribution < -0.4 is 0 Å². The van der Waals surface area contributed by atoms with Crippen LogP contribution in [0.25, 0.3) is 11.1 Å². The molecule has 1 aromatic carbocycles. The van der Waals surface area contributed by atoms with Crippen LogP contribution in [0.5, 0.6) is 0 Å². The summed E-state index contributed by atoms with van der Waals surface area (Å²) in [7, 11) is -3.46. The molecular formula is C15H14ClNO2S2. The Balaban J connectivity index is 2.59. The molecule has 0 bridgehead atoms. The number of thiophene rings is 1. The number of rotatable bonds is 4. The van der Waals surface area contributed by atoms with Gasteiger partial charge in [0.2, 0.25) is 0 Å². The van der Waals surface area contributed by atoms with E-state index in [4.69, 9.17) is 11.6 Å². The molecule has 21 heavy (non-hydrogen) atoms. The highest BCUT2D eigenvalue weighted by atomic mass is 35.5. The molecule has 1 heterocycles. The number of halogens is 1. The summed E-state index contributed by atoms with van der Waals surface area (Å²) in [5.74, 6) is 0. The summed E-state index contributed by atoms with van der Waals surface area (Å²) in [6.07, 6.45) is 0.515. The van der Waals surface area contributed by atoms with E-state index in [0.29, 0.717) is 17.0 Å². The maximum Gasteiger partial charge on any atom is 0.191 e. The highest BCUT2D eigenvalue weighted by molar-refractivity contribution is 7.94. The van der Waals surface area contributed by atoms with Crippen LogP contribution in [0.3, 0.4) is 0 Å². The number of benzene rings is 1. The van der Waals surface area contributed by atoms with E-state index in [1.807, 2.05) is 13.0 Å². The van der Waals surface area contributed by atoms with Crippen molar-refractivity contribution in [2.24, 2.45) is 0 Å². The standard InChI is InChI=1S/C15H14ClNO2S2/c1-3-10(2)21(18,19)15-13(8-17)14(9-20-15)11-4-6-12(16)7-5-11/h4-7,9-10H,3H2,1-2H3/t10-/m1/s1. The first-order valence-corrected chi connectivity index (χ1v) is 9.23. The van der Waals surface area contributed by atoms with E-state index in [9.17, 15) is 13.7 Å². The first-order chi connectivity index (χ1) is 9.91. The molecule has 2 aromatic rings. The maximum atomic E-state index is 12.5. The summed E-state index contributed by atoms with van der Waals surface area (Å²) in [6.45, 7) is 3.49. The second-order valence-electron chi connectivity index (χ2n) is 4.69. The van der Waals surface area contributed by atoms with E-state index in [2.05, 4.69) is 0 Å². The van der Waals surface area contributed by atoms with Crippen molar-refractivity contribution in [1.82, 2.24) is 0 Å². The van der Waals surface area contributed by atoms with Crippen LogP contribution in [0.15, 0.2) is 33.9 Å². The first-order valence-electron chi connectivity index (χ1n) is 6.43. The second kappa shape index (κ2) is 6.18. The summed E-state index contributed by atoms with van der Waals surface area (Å²) in [6, 6.07) is 9.05. The molecule has 0 aliphatic heterocycles. The molecule has 0 fully saturated rings. The molecule has 0 saturated carbocycles. The molecule has 3 nitrogen and oxygen atoms in total. The molecule has 6 heteroatoms. The van der Waals surface area contributed by atoms with Crippen molar-refractivity contribution in [2.45, 2.75) is 29.7 Å². The highest BCUT2D eigenvalue weighted by Gasteiger charge is 2.28. The van der Waals surface area contributed by atoms with Crippen molar-refractivity contribution in [3.05, 3.63) is 40.2 Å². The topological polar surface area (TPSA) is 57.9 Å². The third-order valence-corrected chi connectivity index (χ3v) is 7.51. The summed E-state index contributed by atoms with van der Waals surface area (Å²) < 4.78 is 25.1. The highest BCUT2D eigenvalue weighted by Crippen LogP contribution is 2.36. The SMILES string of the molecule is CC[C@@H](C)S(=O)(=O)c1scc(-c2ccc(Cl)cc2)c1C#N. The molecule has 0 radical (unpaired) electrons. The van der Waals surface area contributed by atoms with Gasteiger partial charge in [0.05, 0.1) is 10.8 Å². The van der Waals surface area contributed by atoms with Gasteiger partial charge < -0.3 is 0 Å². The number of nitriles is 1. The van der Waals surface area contributed by atoms with Gasteiger partial charge in [0.1, 0.15) is 10.3 Å². The molecule has 0 aliphatic rings. The lowest BCUT2D eigenvalue weighted by molar-refractivity contribution is 0.583. The Morgan fingerprint density at radius 3 is 2.48 bits per heavy atom. The van der Waals surface area contributed by atoms with Crippen LogP contribution in [0.4, 0.5) is 0 Å². The molecule has 0 unspecified atom stereocenters. The lowest BCUT2D eigenvalue weighted by atomic mass is 10.1. The van der Waals surface area contributed by atoms with Crippen molar-refractivity contribution in [3.63, 3.8) is 0 Å². The Morgan fingerprint density at radius 1 is 1.33 bits per heavy atom. The average Bonchev–Trinajstić information content (AvgIpc) is 2.91. The molecular weight excluding hydrogens is 326 g/mol. The molecule has 0 saturated heterocycles. The largest absolute Gasteiger partial charge is 0.223 e. The van der Waals surface area contributed by atoms with Gasteiger partial charge in [0.15, 0.2) is 9.84 Å². The van der Waals surface area contributed by atoms with Crippen molar-refractivity contribution in [3.8, 4) is 17.2 Å². The fourth-order valence-corrected chi connectivity index (χ4v) is 5.20. The fourth-order valence-electron chi connectivity index (χ4n) is 1.90. The van der Waals surface area contributed by atoms with Gasteiger partial charge in [-0.1, -0.05) is 30.7 Å². The van der Waals surface area contributed by atoms with Gasteiger partial charge in [-0.3, -0.25) is 0 Å². The quantitative estimate of drug-likeness (QED) is 0.823. The molecule has 0 aliphatic carbocycles. The van der Waals surface area contributed by atoms with Crippen LogP contribution in [-0.4, -0.2) is 13.7 Å². The number of sulfone groups is 1. The lowest BCUT2D eigenvalue weighted by Crippen LogP contribution is -2.16. The Bertz CT molecular complexity index is 786. The summed E-state index contributed by atoms with van der Waals surface area (Å²) in [5.41, 5.74) is 1.65. The smallest absolute Gasteiger partial charge is 0.191 e. The Hall–Kier alpha value is -1.35. The number of nitrogens with zero attached hydrogens (tertiary/aromatic N) is 1. The predicted octanol–water partition coefficient (Wildman–Crippen LogP) is 4.51. The predicted molar refractivity (Wildman–Crippen MR) is 86.4 cm³/mol. The fraction of sp³-hybridized carbons (Fsp3) is 0.267.